The zero-order chi connectivity index (χ0) is 15.1. The second-order valence-corrected chi connectivity index (χ2v) is 6.35. The van der Waals surface area contributed by atoms with Gasteiger partial charge < -0.3 is 14.4 Å². The van der Waals surface area contributed by atoms with Crippen LogP contribution in [0, 0.1) is 0 Å². The van der Waals surface area contributed by atoms with Gasteiger partial charge in [-0.3, -0.25) is 0 Å². The lowest BCUT2D eigenvalue weighted by Gasteiger charge is -2.37. The Morgan fingerprint density at radius 3 is 2.82 bits per heavy atom. The Morgan fingerprint density at radius 1 is 1.18 bits per heavy atom. The van der Waals surface area contributed by atoms with Gasteiger partial charge in [0.05, 0.1) is 0 Å². The van der Waals surface area contributed by atoms with Crippen molar-refractivity contribution < 1.29 is 9.52 Å². The lowest BCUT2D eigenvalue weighted by atomic mass is 9.88. The standard InChI is InChI=1S/C18H21NO3/c20-9-3-5-12-11-16(21)22-18-14-6-2-8-19-7-1-4-13(17(14)19)10-15(12)18/h10-11,20H,1-9H2. The van der Waals surface area contributed by atoms with Crippen LogP contribution in [-0.2, 0) is 19.3 Å². The van der Waals surface area contributed by atoms with Gasteiger partial charge in [0.2, 0.25) is 0 Å². The van der Waals surface area contributed by atoms with Gasteiger partial charge >= 0.3 is 5.63 Å². The maximum absolute atomic E-state index is 12.0. The number of benzene rings is 1. The van der Waals surface area contributed by atoms with Crippen molar-refractivity contribution in [1.29, 1.82) is 0 Å². The highest BCUT2D eigenvalue weighted by atomic mass is 16.4. The highest BCUT2D eigenvalue weighted by molar-refractivity contribution is 5.90. The molecule has 4 nitrogen and oxygen atoms in total. The van der Waals surface area contributed by atoms with Crippen molar-refractivity contribution in [3.63, 3.8) is 0 Å². The summed E-state index contributed by atoms with van der Waals surface area (Å²) >= 11 is 0. The highest BCUT2D eigenvalue weighted by Crippen LogP contribution is 2.40. The first-order valence-corrected chi connectivity index (χ1v) is 8.25. The van der Waals surface area contributed by atoms with Gasteiger partial charge in [0.15, 0.2) is 0 Å². The second-order valence-electron chi connectivity index (χ2n) is 6.35. The van der Waals surface area contributed by atoms with Gasteiger partial charge in [0.25, 0.3) is 0 Å². The number of aryl methyl sites for hydroxylation is 3. The van der Waals surface area contributed by atoms with Crippen molar-refractivity contribution in [2.45, 2.75) is 38.5 Å². The Bertz CT molecular complexity index is 776. The Balaban J connectivity index is 1.99. The summed E-state index contributed by atoms with van der Waals surface area (Å²) in [5, 5.41) is 10.2. The van der Waals surface area contributed by atoms with Crippen molar-refractivity contribution in [2.24, 2.45) is 0 Å². The molecule has 4 heteroatoms. The molecule has 0 saturated carbocycles. The molecule has 0 bridgehead atoms. The molecule has 1 aromatic carbocycles. The van der Waals surface area contributed by atoms with E-state index in [9.17, 15) is 4.79 Å². The molecule has 0 amide bonds. The summed E-state index contributed by atoms with van der Waals surface area (Å²) < 4.78 is 5.61. The van der Waals surface area contributed by atoms with Crippen LogP contribution in [-0.4, -0.2) is 24.8 Å². The van der Waals surface area contributed by atoms with E-state index in [4.69, 9.17) is 9.52 Å². The van der Waals surface area contributed by atoms with Gasteiger partial charge in [0.1, 0.15) is 5.58 Å². The van der Waals surface area contributed by atoms with Crippen LogP contribution in [0.2, 0.25) is 0 Å². The summed E-state index contributed by atoms with van der Waals surface area (Å²) in [4.78, 5) is 14.4. The fraction of sp³-hybridized carbons (Fsp3) is 0.500. The van der Waals surface area contributed by atoms with E-state index >= 15 is 0 Å². The fourth-order valence-electron chi connectivity index (χ4n) is 4.01. The van der Waals surface area contributed by atoms with E-state index in [-0.39, 0.29) is 12.2 Å². The number of hydrogen-bond acceptors (Lipinski definition) is 4. The fourth-order valence-corrected chi connectivity index (χ4v) is 4.01. The average molecular weight is 299 g/mol. The van der Waals surface area contributed by atoms with Crippen LogP contribution in [0.4, 0.5) is 5.69 Å². The summed E-state index contributed by atoms with van der Waals surface area (Å²) in [5.74, 6) is 0. The Labute approximate surface area is 129 Å². The molecule has 1 aromatic heterocycles. The summed E-state index contributed by atoms with van der Waals surface area (Å²) in [6.45, 7) is 2.37. The number of aliphatic hydroxyl groups excluding tert-OH is 1. The molecule has 4 rings (SSSR count). The second kappa shape index (κ2) is 5.43. The average Bonchev–Trinajstić information content (AvgIpc) is 2.54. The Hall–Kier alpha value is -1.81. The first-order chi connectivity index (χ1) is 10.8. The largest absolute Gasteiger partial charge is 0.422 e. The van der Waals surface area contributed by atoms with E-state index in [1.807, 2.05) is 0 Å². The number of fused-ring (bicyclic) bond motifs is 2. The number of rotatable bonds is 3. The molecule has 0 aliphatic carbocycles. The van der Waals surface area contributed by atoms with E-state index < -0.39 is 0 Å². The van der Waals surface area contributed by atoms with Crippen LogP contribution in [0.25, 0.3) is 11.0 Å². The van der Waals surface area contributed by atoms with Crippen molar-refractivity contribution in [1.82, 2.24) is 0 Å². The minimum atomic E-state index is -0.274. The third-order valence-electron chi connectivity index (χ3n) is 4.92. The predicted octanol–water partition coefficient (Wildman–Crippen LogP) is 2.42. The lowest BCUT2D eigenvalue weighted by Crippen LogP contribution is -2.34. The zero-order valence-electron chi connectivity index (χ0n) is 12.7. The molecule has 0 spiro atoms. The van der Waals surface area contributed by atoms with Gasteiger partial charge in [-0.15, -0.1) is 0 Å². The van der Waals surface area contributed by atoms with Crippen molar-refractivity contribution in [3.8, 4) is 0 Å². The van der Waals surface area contributed by atoms with Gasteiger partial charge in [-0.25, -0.2) is 4.79 Å². The molecule has 0 saturated heterocycles. The molecule has 116 valence electrons. The minimum absolute atomic E-state index is 0.146. The highest BCUT2D eigenvalue weighted by Gasteiger charge is 2.27. The van der Waals surface area contributed by atoms with Gasteiger partial charge in [0, 0.05) is 42.4 Å². The molecule has 0 fully saturated rings. The molecule has 0 unspecified atom stereocenters. The summed E-state index contributed by atoms with van der Waals surface area (Å²) in [5.41, 5.74) is 5.47. The molecule has 1 N–H and O–H groups in total. The molecular formula is C18H21NO3. The molecule has 3 heterocycles. The number of nitrogens with zero attached hydrogens (tertiary/aromatic N) is 1. The normalized spacial score (nSPS) is 16.9. The molecule has 0 radical (unpaired) electrons. The van der Waals surface area contributed by atoms with E-state index in [0.29, 0.717) is 6.42 Å². The molecule has 0 atom stereocenters. The van der Waals surface area contributed by atoms with Gasteiger partial charge in [-0.2, -0.15) is 0 Å². The molecule has 2 aliphatic rings. The van der Waals surface area contributed by atoms with Crippen molar-refractivity contribution in [2.75, 3.05) is 24.6 Å². The number of hydrogen-bond donors (Lipinski definition) is 1. The third-order valence-corrected chi connectivity index (χ3v) is 4.92. The zero-order valence-corrected chi connectivity index (χ0v) is 12.7. The van der Waals surface area contributed by atoms with Crippen LogP contribution < -0.4 is 10.5 Å². The third kappa shape index (κ3) is 2.13. The quantitative estimate of drug-likeness (QED) is 0.884. The van der Waals surface area contributed by atoms with Crippen molar-refractivity contribution >= 4 is 16.7 Å². The van der Waals surface area contributed by atoms with Gasteiger partial charge in [-0.1, -0.05) is 0 Å². The van der Waals surface area contributed by atoms with Crippen LogP contribution in [0.5, 0.6) is 0 Å². The van der Waals surface area contributed by atoms with Crippen LogP contribution >= 0.6 is 0 Å². The van der Waals surface area contributed by atoms with E-state index in [0.717, 1.165) is 55.3 Å². The summed E-state index contributed by atoms with van der Waals surface area (Å²) in [6.07, 6.45) is 5.81. The molecular weight excluding hydrogens is 278 g/mol. The van der Waals surface area contributed by atoms with Gasteiger partial charge in [-0.05, 0) is 55.7 Å². The summed E-state index contributed by atoms with van der Waals surface area (Å²) in [6, 6.07) is 3.82. The smallest absolute Gasteiger partial charge is 0.336 e. The first kappa shape index (κ1) is 13.8. The van der Waals surface area contributed by atoms with Crippen LogP contribution in [0.3, 0.4) is 0 Å². The molecule has 2 aromatic rings. The maximum Gasteiger partial charge on any atom is 0.336 e. The molecule has 22 heavy (non-hydrogen) atoms. The van der Waals surface area contributed by atoms with Crippen molar-refractivity contribution in [3.05, 3.63) is 39.2 Å². The first-order valence-electron chi connectivity index (χ1n) is 8.25. The topological polar surface area (TPSA) is 53.7 Å². The monoisotopic (exact) mass is 299 g/mol. The summed E-state index contributed by atoms with van der Waals surface area (Å²) in [7, 11) is 0. The SMILES string of the molecule is O=c1cc(CCCO)c2cc3c4c(c2o1)CCCN4CCC3. The predicted molar refractivity (Wildman–Crippen MR) is 86.7 cm³/mol. The van der Waals surface area contributed by atoms with E-state index in [2.05, 4.69) is 11.0 Å². The maximum atomic E-state index is 12.0. The van der Waals surface area contributed by atoms with Crippen LogP contribution in [0.15, 0.2) is 21.3 Å². The molecule has 2 aliphatic heterocycles. The number of anilines is 1. The lowest BCUT2D eigenvalue weighted by molar-refractivity contribution is 0.288. The van der Waals surface area contributed by atoms with E-state index in [1.54, 1.807) is 6.07 Å². The Kier molecular flexibility index (Phi) is 3.41. The Morgan fingerprint density at radius 2 is 2.00 bits per heavy atom. The van der Waals surface area contributed by atoms with E-state index in [1.165, 1.54) is 23.2 Å². The van der Waals surface area contributed by atoms with Crippen LogP contribution in [0.1, 0.15) is 36.0 Å². The minimum Gasteiger partial charge on any atom is -0.422 e. The number of aliphatic hydroxyl groups is 1.